The van der Waals surface area contributed by atoms with Crippen LogP contribution in [0.1, 0.15) is 23.2 Å². The summed E-state index contributed by atoms with van der Waals surface area (Å²) in [7, 11) is -2.15. The lowest BCUT2D eigenvalue weighted by Crippen LogP contribution is -2.34. The molecule has 0 aliphatic carbocycles. The van der Waals surface area contributed by atoms with Gasteiger partial charge < -0.3 is 9.15 Å². The first-order valence-corrected chi connectivity index (χ1v) is 13.0. The largest absolute Gasteiger partial charge is 0.403 e. The van der Waals surface area contributed by atoms with Crippen LogP contribution in [-0.2, 0) is 14.8 Å². The van der Waals surface area contributed by atoms with Gasteiger partial charge in [-0.25, -0.2) is 8.42 Å². The molecule has 1 aliphatic rings. The van der Waals surface area contributed by atoms with E-state index in [0.29, 0.717) is 13.2 Å². The molecule has 0 radical (unpaired) electrons. The maximum absolute atomic E-state index is 12.8. The van der Waals surface area contributed by atoms with Crippen LogP contribution in [0.15, 0.2) is 62.7 Å². The van der Waals surface area contributed by atoms with E-state index in [1.165, 1.54) is 35.6 Å². The zero-order valence-electron chi connectivity index (χ0n) is 18.2. The van der Waals surface area contributed by atoms with Crippen LogP contribution in [0.5, 0.6) is 0 Å². The molecule has 0 saturated carbocycles. The molecule has 3 aromatic rings. The Labute approximate surface area is 196 Å². The Morgan fingerprint density at radius 2 is 2.00 bits per heavy atom. The number of hydrogen-bond acceptors (Lipinski definition) is 8. The molecule has 1 saturated heterocycles. The van der Waals surface area contributed by atoms with Gasteiger partial charge in [0, 0.05) is 36.2 Å². The second kappa shape index (κ2) is 10.0. The number of aromatic nitrogens is 2. The molecule has 0 bridgehead atoms. The Morgan fingerprint density at radius 3 is 2.70 bits per heavy atom. The van der Waals surface area contributed by atoms with E-state index in [4.69, 9.17) is 9.15 Å². The first-order valence-electron chi connectivity index (χ1n) is 10.3. The number of sulfonamides is 1. The number of rotatable bonds is 8. The van der Waals surface area contributed by atoms with Gasteiger partial charge in [0.05, 0.1) is 11.0 Å². The van der Waals surface area contributed by atoms with Gasteiger partial charge in [-0.2, -0.15) is 4.31 Å². The SMILES string of the molecule is CSc1cccc(-c2nnc(NC(=O)c3ccc(S(=O)(=O)N(C)C[C@@H]4CCCO4)cc3)o2)c1. The van der Waals surface area contributed by atoms with Crippen molar-refractivity contribution in [2.45, 2.75) is 28.7 Å². The zero-order valence-corrected chi connectivity index (χ0v) is 19.9. The van der Waals surface area contributed by atoms with Gasteiger partial charge >= 0.3 is 6.01 Å². The van der Waals surface area contributed by atoms with Gasteiger partial charge in [-0.1, -0.05) is 11.2 Å². The molecule has 174 valence electrons. The molecule has 1 fully saturated rings. The highest BCUT2D eigenvalue weighted by Crippen LogP contribution is 2.25. The van der Waals surface area contributed by atoms with Gasteiger partial charge in [-0.3, -0.25) is 10.1 Å². The average Bonchev–Trinajstić information content (AvgIpc) is 3.51. The lowest BCUT2D eigenvalue weighted by atomic mass is 10.2. The summed E-state index contributed by atoms with van der Waals surface area (Å²) in [5, 5.41) is 10.4. The zero-order chi connectivity index (χ0) is 23.4. The van der Waals surface area contributed by atoms with Crippen molar-refractivity contribution in [3.63, 3.8) is 0 Å². The molecule has 4 rings (SSSR count). The summed E-state index contributed by atoms with van der Waals surface area (Å²) in [6, 6.07) is 13.3. The number of anilines is 1. The van der Waals surface area contributed by atoms with Crippen LogP contribution in [0, 0.1) is 0 Å². The van der Waals surface area contributed by atoms with Crippen molar-refractivity contribution >= 4 is 33.7 Å². The van der Waals surface area contributed by atoms with Crippen molar-refractivity contribution in [3.8, 4) is 11.5 Å². The predicted octanol–water partition coefficient (Wildman–Crippen LogP) is 3.51. The summed E-state index contributed by atoms with van der Waals surface area (Å²) < 4.78 is 38.0. The number of carbonyl (C=O) groups is 1. The van der Waals surface area contributed by atoms with Crippen molar-refractivity contribution in [2.75, 3.05) is 31.8 Å². The molecule has 1 N–H and O–H groups in total. The standard InChI is InChI=1S/C22H24N4O5S2/c1-26(14-17-6-4-12-30-17)33(28,29)19-10-8-15(9-11-19)20(27)23-22-25-24-21(31-22)16-5-3-7-18(13-16)32-2/h3,5,7-11,13,17H,4,6,12,14H2,1-2H3,(H,23,25,27)/t17-/m0/s1. The van der Waals surface area contributed by atoms with Gasteiger partial charge in [0.1, 0.15) is 0 Å². The number of thioether (sulfide) groups is 1. The smallest absolute Gasteiger partial charge is 0.322 e. The minimum Gasteiger partial charge on any atom is -0.403 e. The number of ether oxygens (including phenoxy) is 1. The summed E-state index contributed by atoms with van der Waals surface area (Å²) in [6.45, 7) is 0.956. The molecule has 0 spiro atoms. The maximum atomic E-state index is 12.8. The number of carbonyl (C=O) groups excluding carboxylic acids is 1. The average molecular weight is 489 g/mol. The summed E-state index contributed by atoms with van der Waals surface area (Å²) in [5.74, 6) is -0.198. The molecule has 2 aromatic carbocycles. The van der Waals surface area contributed by atoms with Crippen LogP contribution >= 0.6 is 11.8 Å². The topological polar surface area (TPSA) is 115 Å². The minimum absolute atomic E-state index is 0.0439. The summed E-state index contributed by atoms with van der Waals surface area (Å²) in [6.07, 6.45) is 3.67. The molecule has 1 amide bonds. The van der Waals surface area contributed by atoms with Crippen LogP contribution in [0.25, 0.3) is 11.5 Å². The highest BCUT2D eigenvalue weighted by atomic mass is 32.2. The van der Waals surface area contributed by atoms with E-state index in [0.717, 1.165) is 23.3 Å². The fraction of sp³-hybridized carbons (Fsp3) is 0.318. The summed E-state index contributed by atoms with van der Waals surface area (Å²) >= 11 is 1.59. The lowest BCUT2D eigenvalue weighted by molar-refractivity contribution is 0.0979. The second-order valence-corrected chi connectivity index (χ2v) is 10.5. The van der Waals surface area contributed by atoms with E-state index < -0.39 is 15.9 Å². The third kappa shape index (κ3) is 5.44. The van der Waals surface area contributed by atoms with Crippen molar-refractivity contribution in [1.82, 2.24) is 14.5 Å². The van der Waals surface area contributed by atoms with Gasteiger partial charge in [-0.05, 0) is 61.6 Å². The third-order valence-electron chi connectivity index (χ3n) is 5.27. The Balaban J connectivity index is 1.42. The molecular weight excluding hydrogens is 464 g/mol. The Morgan fingerprint density at radius 1 is 1.21 bits per heavy atom. The van der Waals surface area contributed by atoms with E-state index >= 15 is 0 Å². The van der Waals surface area contributed by atoms with Crippen molar-refractivity contribution < 1.29 is 22.4 Å². The van der Waals surface area contributed by atoms with E-state index in [9.17, 15) is 13.2 Å². The summed E-state index contributed by atoms with van der Waals surface area (Å²) in [4.78, 5) is 13.7. The molecule has 9 nitrogen and oxygen atoms in total. The molecule has 1 aliphatic heterocycles. The minimum atomic E-state index is -3.68. The fourth-order valence-electron chi connectivity index (χ4n) is 3.45. The Bertz CT molecular complexity index is 1220. The summed E-state index contributed by atoms with van der Waals surface area (Å²) in [5.41, 5.74) is 1.01. The first-order chi connectivity index (χ1) is 15.9. The number of nitrogens with zero attached hydrogens (tertiary/aromatic N) is 3. The van der Waals surface area contributed by atoms with Gasteiger partial charge in [-0.15, -0.1) is 16.9 Å². The quantitative estimate of drug-likeness (QED) is 0.479. The molecule has 2 heterocycles. The van der Waals surface area contributed by atoms with Crippen LogP contribution in [-0.4, -0.2) is 61.4 Å². The van der Waals surface area contributed by atoms with Gasteiger partial charge in [0.2, 0.25) is 15.9 Å². The molecule has 33 heavy (non-hydrogen) atoms. The second-order valence-electron chi connectivity index (χ2n) is 7.54. The highest BCUT2D eigenvalue weighted by molar-refractivity contribution is 7.98. The van der Waals surface area contributed by atoms with Crippen molar-refractivity contribution in [3.05, 3.63) is 54.1 Å². The molecule has 11 heteroatoms. The Hall–Kier alpha value is -2.73. The molecule has 0 unspecified atom stereocenters. The number of amides is 1. The van der Waals surface area contributed by atoms with Crippen LogP contribution in [0.4, 0.5) is 6.01 Å². The highest BCUT2D eigenvalue weighted by Gasteiger charge is 2.26. The normalized spacial score (nSPS) is 16.3. The number of benzene rings is 2. The molecule has 1 atom stereocenters. The lowest BCUT2D eigenvalue weighted by Gasteiger charge is -2.20. The number of nitrogens with one attached hydrogen (secondary N) is 1. The number of likely N-dealkylation sites (N-methyl/N-ethyl adjacent to an activating group) is 1. The van der Waals surface area contributed by atoms with E-state index in [2.05, 4.69) is 15.5 Å². The maximum Gasteiger partial charge on any atom is 0.322 e. The number of hydrogen-bond donors (Lipinski definition) is 1. The van der Waals surface area contributed by atoms with Crippen LogP contribution < -0.4 is 5.32 Å². The van der Waals surface area contributed by atoms with Crippen molar-refractivity contribution in [1.29, 1.82) is 0 Å². The molecular formula is C22H24N4O5S2. The van der Waals surface area contributed by atoms with Crippen molar-refractivity contribution in [2.24, 2.45) is 0 Å². The van der Waals surface area contributed by atoms with Gasteiger partial charge in [0.15, 0.2) is 0 Å². The Kier molecular flexibility index (Phi) is 7.13. The van der Waals surface area contributed by atoms with Crippen LogP contribution in [0.3, 0.4) is 0 Å². The molecule has 1 aromatic heterocycles. The third-order valence-corrected chi connectivity index (χ3v) is 7.83. The predicted molar refractivity (Wildman–Crippen MR) is 125 cm³/mol. The fourth-order valence-corrected chi connectivity index (χ4v) is 5.11. The van der Waals surface area contributed by atoms with Crippen LogP contribution in [0.2, 0.25) is 0 Å². The monoisotopic (exact) mass is 488 g/mol. The van der Waals surface area contributed by atoms with E-state index in [1.807, 2.05) is 30.5 Å². The van der Waals surface area contributed by atoms with E-state index in [1.54, 1.807) is 11.8 Å². The van der Waals surface area contributed by atoms with Gasteiger partial charge in [0.25, 0.3) is 5.91 Å². The van der Waals surface area contributed by atoms with E-state index in [-0.39, 0.29) is 28.5 Å². The first kappa shape index (κ1) is 23.4.